The molecule has 4 rings (SSSR count). The number of fused-ring (bicyclic) bond motifs is 1. The Labute approximate surface area is 163 Å². The van der Waals surface area contributed by atoms with E-state index in [0.29, 0.717) is 6.54 Å². The topological polar surface area (TPSA) is 73.1 Å². The number of pyridine rings is 2. The van der Waals surface area contributed by atoms with Crippen LogP contribution in [0.3, 0.4) is 0 Å². The lowest BCUT2D eigenvalue weighted by Crippen LogP contribution is -2.04. The number of hydrogen-bond acceptors (Lipinski definition) is 6. The predicted molar refractivity (Wildman–Crippen MR) is 110 cm³/mol. The summed E-state index contributed by atoms with van der Waals surface area (Å²) in [7, 11) is 1.67. The van der Waals surface area contributed by atoms with E-state index in [2.05, 4.69) is 20.4 Å². The Morgan fingerprint density at radius 3 is 2.64 bits per heavy atom. The van der Waals surface area contributed by atoms with Gasteiger partial charge in [-0.15, -0.1) is 0 Å². The number of benzene rings is 1. The van der Waals surface area contributed by atoms with E-state index in [4.69, 9.17) is 9.26 Å². The minimum atomic E-state index is 0.634. The molecule has 0 amide bonds. The zero-order valence-electron chi connectivity index (χ0n) is 16.4. The van der Waals surface area contributed by atoms with Crippen LogP contribution in [0.5, 0.6) is 5.75 Å². The Hall–Kier alpha value is -3.41. The van der Waals surface area contributed by atoms with Crippen LogP contribution in [0.4, 0.5) is 5.69 Å². The second-order valence-electron chi connectivity index (χ2n) is 6.76. The van der Waals surface area contributed by atoms with Crippen molar-refractivity contribution in [2.45, 2.75) is 27.3 Å². The first-order valence-electron chi connectivity index (χ1n) is 9.13. The Balaban J connectivity index is 1.82. The fraction of sp³-hybridized carbons (Fsp3) is 0.227. The summed E-state index contributed by atoms with van der Waals surface area (Å²) in [6.07, 6.45) is 3.68. The molecule has 3 heterocycles. The van der Waals surface area contributed by atoms with Crippen LogP contribution in [0.15, 0.2) is 47.2 Å². The predicted octanol–water partition coefficient (Wildman–Crippen LogP) is 4.83. The smallest absolute Gasteiger partial charge is 0.141 e. The highest BCUT2D eigenvalue weighted by Gasteiger charge is 2.18. The minimum absolute atomic E-state index is 0.634. The molecule has 0 spiro atoms. The Bertz CT molecular complexity index is 1120. The maximum atomic E-state index is 5.71. The van der Waals surface area contributed by atoms with Crippen LogP contribution >= 0.6 is 0 Å². The molecule has 0 saturated carbocycles. The molecular formula is C22H22N4O2. The summed E-state index contributed by atoms with van der Waals surface area (Å²) in [4.78, 5) is 9.02. The number of ether oxygens (including phenoxy) is 1. The van der Waals surface area contributed by atoms with Gasteiger partial charge >= 0.3 is 0 Å². The molecule has 3 aromatic heterocycles. The van der Waals surface area contributed by atoms with Gasteiger partial charge in [0.25, 0.3) is 0 Å². The van der Waals surface area contributed by atoms with Crippen molar-refractivity contribution in [2.75, 3.05) is 12.4 Å². The lowest BCUT2D eigenvalue weighted by Gasteiger charge is -2.15. The first kappa shape index (κ1) is 18.0. The number of nitrogens with zero attached hydrogens (tertiary/aromatic N) is 3. The third-order valence-electron chi connectivity index (χ3n) is 4.85. The van der Waals surface area contributed by atoms with E-state index in [1.165, 1.54) is 0 Å². The van der Waals surface area contributed by atoms with E-state index >= 15 is 0 Å². The zero-order chi connectivity index (χ0) is 19.7. The van der Waals surface area contributed by atoms with Gasteiger partial charge in [0.15, 0.2) is 0 Å². The number of anilines is 1. The normalized spacial score (nSPS) is 11.0. The van der Waals surface area contributed by atoms with Gasteiger partial charge in [0, 0.05) is 29.0 Å². The summed E-state index contributed by atoms with van der Waals surface area (Å²) in [5.41, 5.74) is 6.66. The second-order valence-corrected chi connectivity index (χ2v) is 6.76. The maximum Gasteiger partial charge on any atom is 0.141 e. The summed E-state index contributed by atoms with van der Waals surface area (Å²) >= 11 is 0. The first-order valence-corrected chi connectivity index (χ1v) is 9.13. The minimum Gasteiger partial charge on any atom is -0.496 e. The lowest BCUT2D eigenvalue weighted by atomic mass is 9.99. The highest BCUT2D eigenvalue weighted by molar-refractivity contribution is 5.97. The number of aryl methyl sites for hydroxylation is 3. The Kier molecular flexibility index (Phi) is 4.69. The first-order chi connectivity index (χ1) is 13.6. The third kappa shape index (κ3) is 3.17. The van der Waals surface area contributed by atoms with Crippen molar-refractivity contribution in [3.8, 4) is 16.9 Å². The molecule has 142 valence electrons. The van der Waals surface area contributed by atoms with Gasteiger partial charge in [-0.05, 0) is 50.6 Å². The van der Waals surface area contributed by atoms with Gasteiger partial charge in [0.1, 0.15) is 11.5 Å². The molecule has 0 unspecified atom stereocenters. The summed E-state index contributed by atoms with van der Waals surface area (Å²) < 4.78 is 11.1. The molecule has 6 nitrogen and oxygen atoms in total. The largest absolute Gasteiger partial charge is 0.496 e. The zero-order valence-corrected chi connectivity index (χ0v) is 16.4. The lowest BCUT2D eigenvalue weighted by molar-refractivity contribution is 0.393. The number of hydrogen-bond donors (Lipinski definition) is 1. The molecule has 0 bridgehead atoms. The van der Waals surface area contributed by atoms with Gasteiger partial charge < -0.3 is 14.6 Å². The molecule has 6 heteroatoms. The van der Waals surface area contributed by atoms with Gasteiger partial charge in [-0.2, -0.15) is 0 Å². The van der Waals surface area contributed by atoms with E-state index in [-0.39, 0.29) is 0 Å². The van der Waals surface area contributed by atoms with Crippen molar-refractivity contribution >= 4 is 16.6 Å². The molecule has 0 saturated heterocycles. The molecule has 1 aromatic carbocycles. The number of aromatic nitrogens is 3. The van der Waals surface area contributed by atoms with Crippen molar-refractivity contribution in [1.29, 1.82) is 0 Å². The molecule has 0 aliphatic rings. The van der Waals surface area contributed by atoms with Crippen molar-refractivity contribution in [1.82, 2.24) is 15.1 Å². The van der Waals surface area contributed by atoms with Crippen molar-refractivity contribution in [3.05, 3.63) is 65.4 Å². The van der Waals surface area contributed by atoms with Gasteiger partial charge in [-0.1, -0.05) is 11.2 Å². The molecule has 0 aliphatic carbocycles. The van der Waals surface area contributed by atoms with E-state index in [1.54, 1.807) is 13.3 Å². The monoisotopic (exact) mass is 374 g/mol. The quantitative estimate of drug-likeness (QED) is 0.539. The molecule has 28 heavy (non-hydrogen) atoms. The molecule has 1 N–H and O–H groups in total. The van der Waals surface area contributed by atoms with Gasteiger partial charge in [-0.25, -0.2) is 0 Å². The third-order valence-corrected chi connectivity index (χ3v) is 4.85. The summed E-state index contributed by atoms with van der Waals surface area (Å²) in [6.45, 7) is 6.51. The van der Waals surface area contributed by atoms with Gasteiger partial charge in [0.2, 0.25) is 0 Å². The average Bonchev–Trinajstić information content (AvgIpc) is 3.05. The molecule has 0 fully saturated rings. The van der Waals surface area contributed by atoms with Crippen molar-refractivity contribution in [2.24, 2.45) is 0 Å². The SMILES string of the molecule is COc1cc2c(NCc3ccccn3)c(C)cnc2cc1-c1c(C)noc1C. The van der Waals surface area contributed by atoms with Crippen LogP contribution in [0.1, 0.15) is 22.7 Å². The highest BCUT2D eigenvalue weighted by atomic mass is 16.5. The molecule has 0 atom stereocenters. The van der Waals surface area contributed by atoms with Crippen LogP contribution in [0.2, 0.25) is 0 Å². The standard InChI is InChI=1S/C22H22N4O2/c1-13-11-24-19-9-18(21-14(2)26-28-15(21)3)20(27-4)10-17(19)22(13)25-12-16-7-5-6-8-23-16/h5-11H,12H2,1-4H3,(H,24,25). The van der Waals surface area contributed by atoms with Crippen molar-refractivity contribution in [3.63, 3.8) is 0 Å². The fourth-order valence-electron chi connectivity index (χ4n) is 3.47. The van der Waals surface area contributed by atoms with E-state index in [9.17, 15) is 0 Å². The van der Waals surface area contributed by atoms with Gasteiger partial charge in [-0.3, -0.25) is 9.97 Å². The maximum absolute atomic E-state index is 5.71. The molecule has 4 aromatic rings. The Morgan fingerprint density at radius 1 is 1.11 bits per heavy atom. The van der Waals surface area contributed by atoms with Crippen LogP contribution in [-0.2, 0) is 6.54 Å². The van der Waals surface area contributed by atoms with E-state index in [0.717, 1.165) is 56.2 Å². The molecular weight excluding hydrogens is 352 g/mol. The number of nitrogens with one attached hydrogen (secondary N) is 1. The second kappa shape index (κ2) is 7.31. The average molecular weight is 374 g/mol. The number of rotatable bonds is 5. The van der Waals surface area contributed by atoms with E-state index < -0.39 is 0 Å². The summed E-state index contributed by atoms with van der Waals surface area (Å²) in [6, 6.07) is 9.96. The summed E-state index contributed by atoms with van der Waals surface area (Å²) in [5, 5.41) is 8.59. The molecule has 0 radical (unpaired) electrons. The van der Waals surface area contributed by atoms with Crippen LogP contribution < -0.4 is 10.1 Å². The molecule has 0 aliphatic heterocycles. The Morgan fingerprint density at radius 2 is 1.96 bits per heavy atom. The summed E-state index contributed by atoms with van der Waals surface area (Å²) in [5.74, 6) is 1.52. The van der Waals surface area contributed by atoms with E-state index in [1.807, 2.05) is 57.3 Å². The van der Waals surface area contributed by atoms with Crippen LogP contribution in [0.25, 0.3) is 22.0 Å². The number of methoxy groups -OCH3 is 1. The van der Waals surface area contributed by atoms with Crippen LogP contribution in [-0.4, -0.2) is 22.2 Å². The highest BCUT2D eigenvalue weighted by Crippen LogP contribution is 2.39. The van der Waals surface area contributed by atoms with Gasteiger partial charge in [0.05, 0.1) is 36.1 Å². The fourth-order valence-corrected chi connectivity index (χ4v) is 3.47. The van der Waals surface area contributed by atoms with Crippen molar-refractivity contribution < 1.29 is 9.26 Å². The van der Waals surface area contributed by atoms with Crippen LogP contribution in [0, 0.1) is 20.8 Å².